The number of likely N-dealkylation sites (tertiary alicyclic amines) is 1. The molecule has 1 atom stereocenters. The number of aryl methyl sites for hydroxylation is 1. The summed E-state index contributed by atoms with van der Waals surface area (Å²) >= 11 is 0. The van der Waals surface area contributed by atoms with E-state index in [1.807, 2.05) is 31.3 Å². The van der Waals surface area contributed by atoms with Crippen molar-refractivity contribution in [2.45, 2.75) is 26.0 Å². The minimum absolute atomic E-state index is 0.211. The Kier molecular flexibility index (Phi) is 6.77. The molecular weight excluding hydrogens is 493 g/mol. The van der Waals surface area contributed by atoms with E-state index in [4.69, 9.17) is 14.5 Å². The molecule has 198 valence electrons. The molecule has 0 radical (unpaired) electrons. The van der Waals surface area contributed by atoms with E-state index in [1.54, 1.807) is 13.2 Å². The molecule has 3 heterocycles. The maximum Gasteiger partial charge on any atom is 0.217 e. The van der Waals surface area contributed by atoms with Crippen molar-refractivity contribution >= 4 is 28.6 Å². The molecule has 39 heavy (non-hydrogen) atoms. The first-order valence-corrected chi connectivity index (χ1v) is 13.2. The highest BCUT2D eigenvalue weighted by Crippen LogP contribution is 2.39. The first-order valence-electron chi connectivity index (χ1n) is 13.2. The molecular formula is C31H30FN5O2. The Morgan fingerprint density at radius 2 is 2.05 bits per heavy atom. The summed E-state index contributed by atoms with van der Waals surface area (Å²) in [6.07, 6.45) is 5.13. The van der Waals surface area contributed by atoms with E-state index >= 15 is 0 Å². The van der Waals surface area contributed by atoms with Crippen LogP contribution in [0.5, 0.6) is 5.75 Å². The van der Waals surface area contributed by atoms with Gasteiger partial charge in [-0.15, -0.1) is 0 Å². The molecule has 0 bridgehead atoms. The molecule has 0 saturated carbocycles. The Morgan fingerprint density at radius 1 is 1.18 bits per heavy atom. The largest absolute Gasteiger partial charge is 0.488 e. The number of aromatic nitrogens is 2. The number of rotatable bonds is 6. The first kappa shape index (κ1) is 25.1. The highest BCUT2D eigenvalue weighted by atomic mass is 19.1. The molecule has 0 amide bonds. The molecule has 6 rings (SSSR count). The van der Waals surface area contributed by atoms with Crippen LogP contribution in [0.15, 0.2) is 54.6 Å². The minimum atomic E-state index is -0.281. The zero-order valence-corrected chi connectivity index (χ0v) is 22.1. The topological polar surface area (TPSA) is 75.3 Å². The maximum absolute atomic E-state index is 14.1. The second kappa shape index (κ2) is 10.5. The van der Waals surface area contributed by atoms with Gasteiger partial charge in [-0.2, -0.15) is 5.26 Å². The van der Waals surface area contributed by atoms with E-state index in [-0.39, 0.29) is 11.9 Å². The van der Waals surface area contributed by atoms with Crippen LogP contribution >= 0.6 is 0 Å². The van der Waals surface area contributed by atoms with Gasteiger partial charge in [0.1, 0.15) is 18.2 Å². The number of nitriles is 1. The predicted octanol–water partition coefficient (Wildman–Crippen LogP) is 5.75. The summed E-state index contributed by atoms with van der Waals surface area (Å²) in [5, 5.41) is 12.2. The van der Waals surface area contributed by atoms with E-state index in [0.717, 1.165) is 76.2 Å². The zero-order chi connectivity index (χ0) is 26.9. The standard InChI is InChI=1S/C31H30FN5O2/c1-20-3-6-26-27(25-7-5-23(32)16-22(25)18-39-30(26)13-20)14-21-4-8-29-28(15-21)35-31(34-19-33)37(29)24-9-10-36(17-24)11-12-38-2/h3-8,13-16,24H,9-12,17-18H2,1-2H3,(H,34,35)/b27-14+. The molecule has 7 nitrogen and oxygen atoms in total. The number of anilines is 1. The molecule has 0 spiro atoms. The Bertz CT molecular complexity index is 1560. The minimum Gasteiger partial charge on any atom is -0.488 e. The van der Waals surface area contributed by atoms with Crippen molar-refractivity contribution in [1.29, 1.82) is 5.26 Å². The van der Waals surface area contributed by atoms with Crippen LogP contribution in [0.3, 0.4) is 0 Å². The average molecular weight is 524 g/mol. The molecule has 1 unspecified atom stereocenters. The van der Waals surface area contributed by atoms with Gasteiger partial charge in [-0.1, -0.05) is 24.3 Å². The number of hydrogen-bond acceptors (Lipinski definition) is 6. The molecule has 1 fully saturated rings. The maximum atomic E-state index is 14.1. The van der Waals surface area contributed by atoms with Crippen LogP contribution in [0.1, 0.15) is 40.3 Å². The van der Waals surface area contributed by atoms with Crippen molar-refractivity contribution in [1.82, 2.24) is 14.5 Å². The van der Waals surface area contributed by atoms with Crippen molar-refractivity contribution in [3.05, 3.63) is 88.2 Å². The second-order valence-electron chi connectivity index (χ2n) is 10.2. The lowest BCUT2D eigenvalue weighted by Gasteiger charge is -2.18. The van der Waals surface area contributed by atoms with Gasteiger partial charge in [0.2, 0.25) is 5.95 Å². The lowest BCUT2D eigenvalue weighted by molar-refractivity contribution is 0.159. The summed E-state index contributed by atoms with van der Waals surface area (Å²) in [5.41, 5.74) is 7.53. The number of fused-ring (bicyclic) bond motifs is 3. The Labute approximate surface area is 227 Å². The summed E-state index contributed by atoms with van der Waals surface area (Å²) in [7, 11) is 1.72. The highest BCUT2D eigenvalue weighted by molar-refractivity contribution is 5.96. The van der Waals surface area contributed by atoms with Gasteiger partial charge in [-0.05, 0) is 72.0 Å². The van der Waals surface area contributed by atoms with Crippen molar-refractivity contribution in [2.75, 3.05) is 38.7 Å². The molecule has 1 N–H and O–H groups in total. The lowest BCUT2D eigenvalue weighted by Crippen LogP contribution is -2.25. The molecule has 8 heteroatoms. The van der Waals surface area contributed by atoms with Crippen molar-refractivity contribution < 1.29 is 13.9 Å². The van der Waals surface area contributed by atoms with Crippen LogP contribution in [0.4, 0.5) is 10.3 Å². The predicted molar refractivity (Wildman–Crippen MR) is 150 cm³/mol. The van der Waals surface area contributed by atoms with Crippen LogP contribution in [0.25, 0.3) is 22.7 Å². The molecule has 1 saturated heterocycles. The Balaban J connectivity index is 1.43. The number of methoxy groups -OCH3 is 1. The van der Waals surface area contributed by atoms with Crippen LogP contribution in [0, 0.1) is 24.2 Å². The second-order valence-corrected chi connectivity index (χ2v) is 10.2. The fraction of sp³-hybridized carbons (Fsp3) is 0.290. The number of hydrogen-bond donors (Lipinski definition) is 1. The van der Waals surface area contributed by atoms with Gasteiger partial charge in [0.05, 0.1) is 23.7 Å². The van der Waals surface area contributed by atoms with Gasteiger partial charge in [0.25, 0.3) is 0 Å². The van der Waals surface area contributed by atoms with Gasteiger partial charge in [0, 0.05) is 37.9 Å². The molecule has 0 aliphatic carbocycles. The lowest BCUT2D eigenvalue weighted by atomic mass is 9.92. The fourth-order valence-corrected chi connectivity index (χ4v) is 5.70. The first-order chi connectivity index (χ1) is 19.0. The van der Waals surface area contributed by atoms with Crippen molar-refractivity contribution in [3.63, 3.8) is 0 Å². The Morgan fingerprint density at radius 3 is 2.90 bits per heavy atom. The summed E-state index contributed by atoms with van der Waals surface area (Å²) in [4.78, 5) is 7.18. The van der Waals surface area contributed by atoms with Crippen LogP contribution in [0.2, 0.25) is 0 Å². The number of nitrogens with zero attached hydrogens (tertiary/aromatic N) is 4. The van der Waals surface area contributed by atoms with Gasteiger partial charge < -0.3 is 14.0 Å². The highest BCUT2D eigenvalue weighted by Gasteiger charge is 2.27. The van der Waals surface area contributed by atoms with Crippen LogP contribution in [-0.2, 0) is 11.3 Å². The van der Waals surface area contributed by atoms with Gasteiger partial charge in [-0.25, -0.2) is 9.37 Å². The summed E-state index contributed by atoms with van der Waals surface area (Å²) in [5.74, 6) is 1.06. The normalized spacial score (nSPS) is 17.9. The molecule has 2 aliphatic heterocycles. The SMILES string of the molecule is COCCN1CCC(n2c(NC#N)nc3cc(/C=C4\c5ccc(F)cc5COc5cc(C)ccc54)ccc32)C1. The summed E-state index contributed by atoms with van der Waals surface area (Å²) in [6.45, 7) is 5.77. The van der Waals surface area contributed by atoms with Crippen LogP contribution < -0.4 is 10.1 Å². The monoisotopic (exact) mass is 523 g/mol. The van der Waals surface area contributed by atoms with Crippen LogP contribution in [-0.4, -0.2) is 47.8 Å². The quantitative estimate of drug-likeness (QED) is 0.256. The third-order valence-corrected chi connectivity index (χ3v) is 7.58. The zero-order valence-electron chi connectivity index (χ0n) is 22.1. The van der Waals surface area contributed by atoms with Crippen molar-refractivity contribution in [3.8, 4) is 11.9 Å². The summed E-state index contributed by atoms with van der Waals surface area (Å²) < 4.78 is 27.7. The number of imidazole rings is 1. The number of nitrogens with one attached hydrogen (secondary N) is 1. The van der Waals surface area contributed by atoms with E-state index in [1.165, 1.54) is 6.07 Å². The van der Waals surface area contributed by atoms with E-state index in [9.17, 15) is 9.65 Å². The number of ether oxygens (including phenoxy) is 2. The van der Waals surface area contributed by atoms with E-state index in [2.05, 4.69) is 45.1 Å². The Hall–Kier alpha value is -4.19. The van der Waals surface area contributed by atoms with E-state index in [0.29, 0.717) is 19.2 Å². The molecule has 4 aromatic rings. The van der Waals surface area contributed by atoms with Gasteiger partial charge in [-0.3, -0.25) is 10.2 Å². The summed E-state index contributed by atoms with van der Waals surface area (Å²) in [6, 6.07) is 17.4. The van der Waals surface area contributed by atoms with E-state index < -0.39 is 0 Å². The number of halogens is 1. The molecule has 3 aromatic carbocycles. The average Bonchev–Trinajstić information content (AvgIpc) is 3.50. The smallest absolute Gasteiger partial charge is 0.217 e. The molecule has 1 aromatic heterocycles. The fourth-order valence-electron chi connectivity index (χ4n) is 5.70. The third-order valence-electron chi connectivity index (χ3n) is 7.58. The molecule has 2 aliphatic rings. The van der Waals surface area contributed by atoms with Crippen molar-refractivity contribution in [2.24, 2.45) is 0 Å². The van der Waals surface area contributed by atoms with Gasteiger partial charge >= 0.3 is 0 Å². The van der Waals surface area contributed by atoms with Gasteiger partial charge in [0.15, 0.2) is 6.19 Å². The number of benzene rings is 3. The third kappa shape index (κ3) is 4.87.